The van der Waals surface area contributed by atoms with Crippen LogP contribution in [0, 0.1) is 12.7 Å². The Labute approximate surface area is 136 Å². The van der Waals surface area contributed by atoms with Crippen molar-refractivity contribution in [1.82, 2.24) is 9.88 Å². The molecule has 0 unspecified atom stereocenters. The summed E-state index contributed by atoms with van der Waals surface area (Å²) in [6, 6.07) is 6.37. The minimum absolute atomic E-state index is 0.0371. The highest BCUT2D eigenvalue weighted by Gasteiger charge is 2.16. The first-order valence-corrected chi connectivity index (χ1v) is 7.61. The Morgan fingerprint density at radius 3 is 2.70 bits per heavy atom. The van der Waals surface area contributed by atoms with E-state index in [4.69, 9.17) is 5.11 Å². The number of aryl methyl sites for hydroxylation is 1. The lowest BCUT2D eigenvalue weighted by Crippen LogP contribution is -2.30. The Hall–Kier alpha value is -2.32. The highest BCUT2D eigenvalue weighted by Crippen LogP contribution is 2.22. The smallest absolute Gasteiger partial charge is 0.347 e. The number of carboxylic acid groups (broad SMARTS) is 1. The second-order valence-electron chi connectivity index (χ2n) is 5.05. The average molecular weight is 337 g/mol. The largest absolute Gasteiger partial charge is 0.477 e. The average Bonchev–Trinajstić information content (AvgIpc) is 2.82. The number of aromatic nitrogens is 1. The molecule has 6 nitrogen and oxygen atoms in total. The van der Waals surface area contributed by atoms with Crippen LogP contribution in [0.3, 0.4) is 0 Å². The summed E-state index contributed by atoms with van der Waals surface area (Å²) in [5, 5.41) is 11.8. The van der Waals surface area contributed by atoms with E-state index in [1.165, 1.54) is 6.07 Å². The third-order valence-electron chi connectivity index (χ3n) is 3.05. The minimum Gasteiger partial charge on any atom is -0.477 e. The Morgan fingerprint density at radius 2 is 2.09 bits per heavy atom. The van der Waals surface area contributed by atoms with Crippen LogP contribution in [0.5, 0.6) is 0 Å². The maximum Gasteiger partial charge on any atom is 0.347 e. The molecule has 0 fully saturated rings. The summed E-state index contributed by atoms with van der Waals surface area (Å²) in [7, 11) is 1.70. The van der Waals surface area contributed by atoms with Gasteiger partial charge in [0.05, 0.1) is 12.2 Å². The molecule has 0 saturated heterocycles. The van der Waals surface area contributed by atoms with Crippen molar-refractivity contribution in [1.29, 1.82) is 0 Å². The molecule has 122 valence electrons. The van der Waals surface area contributed by atoms with Crippen molar-refractivity contribution >= 4 is 28.3 Å². The van der Waals surface area contributed by atoms with Gasteiger partial charge in [-0.25, -0.2) is 14.2 Å². The van der Waals surface area contributed by atoms with Crippen molar-refractivity contribution in [3.05, 3.63) is 46.2 Å². The number of rotatable bonds is 6. The Balaban J connectivity index is 1.93. The molecule has 0 spiro atoms. The zero-order valence-corrected chi connectivity index (χ0v) is 13.5. The summed E-state index contributed by atoms with van der Waals surface area (Å²) >= 11 is 0.908. The third kappa shape index (κ3) is 4.57. The fraction of sp³-hybridized carbons (Fsp3) is 0.267. The van der Waals surface area contributed by atoms with Crippen molar-refractivity contribution in [2.24, 2.45) is 0 Å². The van der Waals surface area contributed by atoms with E-state index in [1.54, 1.807) is 37.1 Å². The van der Waals surface area contributed by atoms with E-state index in [0.29, 0.717) is 11.3 Å². The van der Waals surface area contributed by atoms with Crippen molar-refractivity contribution in [2.75, 3.05) is 18.9 Å². The number of anilines is 1. The predicted molar refractivity (Wildman–Crippen MR) is 85.2 cm³/mol. The quantitative estimate of drug-likeness (QED) is 0.845. The van der Waals surface area contributed by atoms with E-state index in [9.17, 15) is 14.0 Å². The first kappa shape index (κ1) is 17.0. The number of benzene rings is 1. The number of carbonyl (C=O) groups is 2. The number of aromatic carboxylic acids is 1. The number of amides is 1. The Bertz CT molecular complexity index is 733. The van der Waals surface area contributed by atoms with Crippen LogP contribution in [-0.2, 0) is 11.3 Å². The summed E-state index contributed by atoms with van der Waals surface area (Å²) in [5.74, 6) is -1.73. The lowest BCUT2D eigenvalue weighted by atomic mass is 10.2. The first-order valence-electron chi connectivity index (χ1n) is 6.79. The second kappa shape index (κ2) is 7.30. The Morgan fingerprint density at radius 1 is 1.39 bits per heavy atom. The molecule has 0 saturated carbocycles. The summed E-state index contributed by atoms with van der Waals surface area (Å²) < 4.78 is 13.6. The van der Waals surface area contributed by atoms with Gasteiger partial charge in [0.1, 0.15) is 10.7 Å². The zero-order valence-electron chi connectivity index (χ0n) is 12.7. The van der Waals surface area contributed by atoms with Crippen LogP contribution in [0.15, 0.2) is 24.3 Å². The van der Waals surface area contributed by atoms with Gasteiger partial charge in [-0.15, -0.1) is 0 Å². The number of hydrogen-bond donors (Lipinski definition) is 2. The van der Waals surface area contributed by atoms with Gasteiger partial charge in [-0.1, -0.05) is 29.5 Å². The molecule has 0 aliphatic heterocycles. The lowest BCUT2D eigenvalue weighted by Gasteiger charge is -2.16. The summed E-state index contributed by atoms with van der Waals surface area (Å²) in [6.45, 7) is 1.90. The van der Waals surface area contributed by atoms with E-state index in [0.717, 1.165) is 11.3 Å². The lowest BCUT2D eigenvalue weighted by molar-refractivity contribution is -0.117. The summed E-state index contributed by atoms with van der Waals surface area (Å²) in [4.78, 5) is 28.7. The molecule has 1 amide bonds. The van der Waals surface area contributed by atoms with Crippen LogP contribution >= 0.6 is 11.3 Å². The standard InChI is InChI=1S/C15H16FN3O3S/c1-9-13(14(21)22)23-15(17-9)18-12(20)8-19(2)7-10-5-3-4-6-11(10)16/h3-6H,7-8H2,1-2H3,(H,21,22)(H,17,18,20). The van der Waals surface area contributed by atoms with Gasteiger partial charge in [-0.3, -0.25) is 9.69 Å². The number of likely N-dealkylation sites (N-methyl/N-ethyl adjacent to an activating group) is 1. The predicted octanol–water partition coefficient (Wildman–Crippen LogP) is 2.36. The van der Waals surface area contributed by atoms with E-state index >= 15 is 0 Å². The van der Waals surface area contributed by atoms with Crippen molar-refractivity contribution < 1.29 is 19.1 Å². The number of nitrogens with zero attached hydrogens (tertiary/aromatic N) is 2. The van der Waals surface area contributed by atoms with Gasteiger partial charge in [0.2, 0.25) is 5.91 Å². The van der Waals surface area contributed by atoms with Crippen LogP contribution in [0.25, 0.3) is 0 Å². The molecule has 0 atom stereocenters. The molecular formula is C15H16FN3O3S. The van der Waals surface area contributed by atoms with E-state index in [2.05, 4.69) is 10.3 Å². The molecule has 2 rings (SSSR count). The number of carboxylic acids is 1. The summed E-state index contributed by atoms with van der Waals surface area (Å²) in [6.07, 6.45) is 0. The van der Waals surface area contributed by atoms with Gasteiger partial charge in [0, 0.05) is 12.1 Å². The van der Waals surface area contributed by atoms with Crippen LogP contribution in [0.4, 0.5) is 9.52 Å². The van der Waals surface area contributed by atoms with Crippen LogP contribution < -0.4 is 5.32 Å². The first-order chi connectivity index (χ1) is 10.9. The SMILES string of the molecule is Cc1nc(NC(=O)CN(C)Cc2ccccc2F)sc1C(=O)O. The second-order valence-corrected chi connectivity index (χ2v) is 6.05. The topological polar surface area (TPSA) is 82.5 Å². The number of carbonyl (C=O) groups excluding carboxylic acids is 1. The normalized spacial score (nSPS) is 10.8. The molecule has 1 aromatic carbocycles. The van der Waals surface area contributed by atoms with Gasteiger partial charge in [-0.05, 0) is 20.0 Å². The molecule has 1 heterocycles. The van der Waals surface area contributed by atoms with Crippen molar-refractivity contribution in [3.8, 4) is 0 Å². The molecule has 1 aromatic heterocycles. The van der Waals surface area contributed by atoms with Crippen LogP contribution in [0.1, 0.15) is 20.9 Å². The fourth-order valence-corrected chi connectivity index (χ4v) is 2.85. The molecule has 2 aromatic rings. The fourth-order valence-electron chi connectivity index (χ4n) is 2.03. The number of thiazole rings is 1. The van der Waals surface area contributed by atoms with Gasteiger partial charge in [0.25, 0.3) is 0 Å². The molecule has 0 radical (unpaired) electrons. The van der Waals surface area contributed by atoms with Gasteiger partial charge >= 0.3 is 5.97 Å². The van der Waals surface area contributed by atoms with E-state index in [1.807, 2.05) is 0 Å². The zero-order chi connectivity index (χ0) is 17.0. The van der Waals surface area contributed by atoms with Crippen molar-refractivity contribution in [3.63, 3.8) is 0 Å². The number of hydrogen-bond acceptors (Lipinski definition) is 5. The number of halogens is 1. The highest BCUT2D eigenvalue weighted by atomic mass is 32.1. The summed E-state index contributed by atoms with van der Waals surface area (Å²) in [5.41, 5.74) is 0.860. The van der Waals surface area contributed by atoms with Gasteiger partial charge < -0.3 is 10.4 Å². The third-order valence-corrected chi connectivity index (χ3v) is 4.11. The van der Waals surface area contributed by atoms with E-state index < -0.39 is 5.97 Å². The van der Waals surface area contributed by atoms with Crippen LogP contribution in [-0.4, -0.2) is 40.5 Å². The Kier molecular flexibility index (Phi) is 5.41. The molecule has 23 heavy (non-hydrogen) atoms. The maximum absolute atomic E-state index is 13.6. The van der Waals surface area contributed by atoms with Gasteiger partial charge in [0.15, 0.2) is 5.13 Å². The maximum atomic E-state index is 13.6. The minimum atomic E-state index is -1.07. The molecular weight excluding hydrogens is 321 g/mol. The van der Waals surface area contributed by atoms with E-state index in [-0.39, 0.29) is 34.8 Å². The molecule has 0 aliphatic carbocycles. The monoisotopic (exact) mass is 337 g/mol. The highest BCUT2D eigenvalue weighted by molar-refractivity contribution is 7.17. The van der Waals surface area contributed by atoms with Crippen molar-refractivity contribution in [2.45, 2.75) is 13.5 Å². The number of nitrogens with one attached hydrogen (secondary N) is 1. The van der Waals surface area contributed by atoms with Crippen LogP contribution in [0.2, 0.25) is 0 Å². The molecule has 0 aliphatic rings. The van der Waals surface area contributed by atoms with Gasteiger partial charge in [-0.2, -0.15) is 0 Å². The molecule has 0 bridgehead atoms. The molecule has 8 heteroatoms. The molecule has 2 N–H and O–H groups in total.